The molecule has 0 atom stereocenters. The maximum Gasteiger partial charge on any atom is 0.253 e. The Kier molecular flexibility index (Phi) is 5.31. The van der Waals surface area contributed by atoms with Crippen LogP contribution in [-0.2, 0) is 19.9 Å². The Hall–Kier alpha value is -2.17. The lowest BCUT2D eigenvalue weighted by atomic mass is 10.1. The van der Waals surface area contributed by atoms with Crippen molar-refractivity contribution in [3.05, 3.63) is 47.3 Å². The Balaban J connectivity index is 1.99. The summed E-state index contributed by atoms with van der Waals surface area (Å²) in [6.45, 7) is 6.81. The molecule has 2 rings (SSSR count). The van der Waals surface area contributed by atoms with Gasteiger partial charge in [0.2, 0.25) is 0 Å². The fraction of sp³-hybridized carbons (Fsp3) is 0.471. The minimum absolute atomic E-state index is 0.0596. The first kappa shape index (κ1) is 16.2. The van der Waals surface area contributed by atoms with E-state index in [1.807, 2.05) is 36.9 Å². The highest BCUT2D eigenvalue weighted by Gasteiger charge is 2.13. The fourth-order valence-corrected chi connectivity index (χ4v) is 2.31. The van der Waals surface area contributed by atoms with Crippen LogP contribution in [0.3, 0.4) is 0 Å². The highest BCUT2D eigenvalue weighted by Crippen LogP contribution is 2.15. The zero-order chi connectivity index (χ0) is 16.1. The van der Waals surface area contributed by atoms with Crippen molar-refractivity contribution in [1.29, 1.82) is 0 Å². The molecule has 22 heavy (non-hydrogen) atoms. The molecule has 0 unspecified atom stereocenters. The van der Waals surface area contributed by atoms with E-state index in [9.17, 15) is 4.79 Å². The van der Waals surface area contributed by atoms with Gasteiger partial charge in [0.15, 0.2) is 0 Å². The average molecular weight is 300 g/mol. The number of imidazole rings is 1. The molecular formula is C17H24N4O. The lowest BCUT2D eigenvalue weighted by molar-refractivity contribution is 0.0952. The number of nitrogens with zero attached hydrogens (tertiary/aromatic N) is 3. The van der Waals surface area contributed by atoms with Crippen molar-refractivity contribution >= 4 is 5.91 Å². The van der Waals surface area contributed by atoms with Gasteiger partial charge >= 0.3 is 0 Å². The summed E-state index contributed by atoms with van der Waals surface area (Å²) in [7, 11) is 1.94. The van der Waals surface area contributed by atoms with E-state index in [0.29, 0.717) is 18.0 Å². The van der Waals surface area contributed by atoms with Crippen molar-refractivity contribution in [3.8, 4) is 0 Å². The minimum atomic E-state index is -0.0596. The Bertz CT molecular complexity index is 646. The Morgan fingerprint density at radius 2 is 2.14 bits per heavy atom. The molecule has 2 aromatic rings. The summed E-state index contributed by atoms with van der Waals surface area (Å²) in [5.74, 6) is 0.308. The predicted octanol–water partition coefficient (Wildman–Crippen LogP) is 2.47. The normalized spacial score (nSPS) is 11.0. The third-order valence-electron chi connectivity index (χ3n) is 3.59. The molecule has 0 saturated heterocycles. The monoisotopic (exact) mass is 300 g/mol. The second kappa shape index (κ2) is 7.20. The molecule has 0 aromatic carbocycles. The highest BCUT2D eigenvalue weighted by atomic mass is 16.1. The minimum Gasteiger partial charge on any atom is -0.352 e. The molecule has 0 bridgehead atoms. The molecule has 1 amide bonds. The molecule has 0 fully saturated rings. The van der Waals surface area contributed by atoms with Crippen molar-refractivity contribution in [3.63, 3.8) is 0 Å². The van der Waals surface area contributed by atoms with Gasteiger partial charge in [-0.05, 0) is 24.5 Å². The van der Waals surface area contributed by atoms with Crippen LogP contribution in [0, 0.1) is 0 Å². The number of hydrogen-bond acceptors (Lipinski definition) is 3. The van der Waals surface area contributed by atoms with Crippen molar-refractivity contribution in [1.82, 2.24) is 19.9 Å². The summed E-state index contributed by atoms with van der Waals surface area (Å²) in [6.07, 6.45) is 5.21. The number of aromatic nitrogens is 3. The van der Waals surface area contributed by atoms with Gasteiger partial charge < -0.3 is 9.88 Å². The first-order chi connectivity index (χ1) is 10.5. The van der Waals surface area contributed by atoms with Crippen LogP contribution >= 0.6 is 0 Å². The number of pyridine rings is 1. The molecule has 0 saturated carbocycles. The SMILES string of the molecule is CCc1nc(C(C)C)ccc1C(=O)NCCc1cn(C)cn1. The molecule has 5 nitrogen and oxygen atoms in total. The number of amides is 1. The highest BCUT2D eigenvalue weighted by molar-refractivity contribution is 5.95. The van der Waals surface area contributed by atoms with Crippen molar-refractivity contribution in [2.75, 3.05) is 6.54 Å². The summed E-state index contributed by atoms with van der Waals surface area (Å²) in [5.41, 5.74) is 3.54. The van der Waals surface area contributed by atoms with Crippen LogP contribution in [-0.4, -0.2) is 27.0 Å². The van der Waals surface area contributed by atoms with Crippen LogP contribution in [0.25, 0.3) is 0 Å². The van der Waals surface area contributed by atoms with Gasteiger partial charge in [0.1, 0.15) is 0 Å². The molecule has 2 aromatic heterocycles. The van der Waals surface area contributed by atoms with Crippen LogP contribution in [0.1, 0.15) is 54.1 Å². The fourth-order valence-electron chi connectivity index (χ4n) is 2.31. The predicted molar refractivity (Wildman–Crippen MR) is 86.9 cm³/mol. The molecule has 118 valence electrons. The Labute approximate surface area is 131 Å². The number of nitrogens with one attached hydrogen (secondary N) is 1. The van der Waals surface area contributed by atoms with Crippen molar-refractivity contribution < 1.29 is 4.79 Å². The molecule has 0 aliphatic carbocycles. The number of rotatable bonds is 6. The first-order valence-corrected chi connectivity index (χ1v) is 7.76. The third kappa shape index (κ3) is 3.93. The molecular weight excluding hydrogens is 276 g/mol. The van der Waals surface area contributed by atoms with Crippen LogP contribution in [0.5, 0.6) is 0 Å². The number of carbonyl (C=O) groups excluding carboxylic acids is 1. The molecule has 1 N–H and O–H groups in total. The van der Waals surface area contributed by atoms with Gasteiger partial charge in [-0.2, -0.15) is 0 Å². The van der Waals surface area contributed by atoms with Gasteiger partial charge in [-0.1, -0.05) is 20.8 Å². The molecule has 0 aliphatic rings. The summed E-state index contributed by atoms with van der Waals surface area (Å²) < 4.78 is 1.90. The van der Waals surface area contributed by atoms with Gasteiger partial charge in [-0.15, -0.1) is 0 Å². The van der Waals surface area contributed by atoms with E-state index in [4.69, 9.17) is 0 Å². The lowest BCUT2D eigenvalue weighted by Gasteiger charge is -2.11. The maximum atomic E-state index is 12.3. The van der Waals surface area contributed by atoms with Gasteiger partial charge in [-0.3, -0.25) is 9.78 Å². The van der Waals surface area contributed by atoms with E-state index in [1.54, 1.807) is 6.33 Å². The topological polar surface area (TPSA) is 59.8 Å². The number of aryl methyl sites for hydroxylation is 2. The summed E-state index contributed by atoms with van der Waals surface area (Å²) in [4.78, 5) is 21.2. The Morgan fingerprint density at radius 1 is 1.36 bits per heavy atom. The summed E-state index contributed by atoms with van der Waals surface area (Å²) in [6, 6.07) is 3.83. The average Bonchev–Trinajstić information content (AvgIpc) is 2.91. The van der Waals surface area contributed by atoms with Crippen molar-refractivity contribution in [2.24, 2.45) is 7.05 Å². The van der Waals surface area contributed by atoms with Gasteiger partial charge in [-0.25, -0.2) is 4.98 Å². The maximum absolute atomic E-state index is 12.3. The van der Waals surface area contributed by atoms with Gasteiger partial charge in [0, 0.05) is 31.9 Å². The van der Waals surface area contributed by atoms with E-state index in [1.165, 1.54) is 0 Å². The van der Waals surface area contributed by atoms with E-state index < -0.39 is 0 Å². The van der Waals surface area contributed by atoms with Crippen LogP contribution in [0.2, 0.25) is 0 Å². The van der Waals surface area contributed by atoms with Crippen molar-refractivity contribution in [2.45, 2.75) is 39.5 Å². The first-order valence-electron chi connectivity index (χ1n) is 7.76. The van der Waals surface area contributed by atoms with Crippen LogP contribution < -0.4 is 5.32 Å². The summed E-state index contributed by atoms with van der Waals surface area (Å²) >= 11 is 0. The lowest BCUT2D eigenvalue weighted by Crippen LogP contribution is -2.27. The van der Waals surface area contributed by atoms with E-state index in [-0.39, 0.29) is 5.91 Å². The zero-order valence-electron chi connectivity index (χ0n) is 13.8. The van der Waals surface area contributed by atoms with E-state index in [2.05, 4.69) is 29.1 Å². The van der Waals surface area contributed by atoms with E-state index in [0.717, 1.165) is 29.9 Å². The van der Waals surface area contributed by atoms with E-state index >= 15 is 0 Å². The standard InChI is InChI=1S/C17H24N4O/c1-5-15-14(6-7-16(20-15)12(2)3)17(22)18-9-8-13-10-21(4)11-19-13/h6-7,10-12H,5,8-9H2,1-4H3,(H,18,22). The second-order valence-electron chi connectivity index (χ2n) is 5.78. The zero-order valence-corrected chi connectivity index (χ0v) is 13.8. The van der Waals surface area contributed by atoms with Gasteiger partial charge in [0.25, 0.3) is 5.91 Å². The number of hydrogen-bond donors (Lipinski definition) is 1. The molecule has 0 radical (unpaired) electrons. The second-order valence-corrected chi connectivity index (χ2v) is 5.78. The molecule has 0 aliphatic heterocycles. The summed E-state index contributed by atoms with van der Waals surface area (Å²) in [5, 5.41) is 2.95. The number of carbonyl (C=O) groups is 1. The van der Waals surface area contributed by atoms with Crippen LogP contribution in [0.4, 0.5) is 0 Å². The quantitative estimate of drug-likeness (QED) is 0.891. The van der Waals surface area contributed by atoms with Crippen LogP contribution in [0.15, 0.2) is 24.7 Å². The largest absolute Gasteiger partial charge is 0.352 e. The Morgan fingerprint density at radius 3 is 2.73 bits per heavy atom. The molecule has 2 heterocycles. The third-order valence-corrected chi connectivity index (χ3v) is 3.59. The van der Waals surface area contributed by atoms with Gasteiger partial charge in [0.05, 0.1) is 23.3 Å². The molecule has 0 spiro atoms. The molecule has 5 heteroatoms. The smallest absolute Gasteiger partial charge is 0.253 e.